The quantitative estimate of drug-likeness (QED) is 0.650. The number of primary amides is 1. The Morgan fingerprint density at radius 3 is 2.90 bits per heavy atom. The molecule has 1 heterocycles. The number of benzene rings is 1. The van der Waals surface area contributed by atoms with Gasteiger partial charge in [-0.2, -0.15) is 5.10 Å². The summed E-state index contributed by atoms with van der Waals surface area (Å²) in [6, 6.07) is 5.01. The summed E-state index contributed by atoms with van der Waals surface area (Å²) in [7, 11) is 1.48. The molecule has 10 heteroatoms. The Hall–Kier alpha value is -3.17. The minimum absolute atomic E-state index is 0.0691. The topological polar surface area (TPSA) is 144 Å². The van der Waals surface area contributed by atoms with E-state index in [0.717, 1.165) is 4.79 Å². The van der Waals surface area contributed by atoms with Crippen LogP contribution in [0.2, 0.25) is 0 Å². The zero-order valence-electron chi connectivity index (χ0n) is 11.1. The first-order valence-electron chi connectivity index (χ1n) is 5.77. The second kappa shape index (κ2) is 6.32. The Kier molecular flexibility index (Phi) is 4.29. The van der Waals surface area contributed by atoms with Crippen molar-refractivity contribution in [2.75, 3.05) is 19.5 Å². The summed E-state index contributed by atoms with van der Waals surface area (Å²) in [6.07, 6.45) is 1.49. The van der Waals surface area contributed by atoms with Crippen LogP contribution >= 0.6 is 0 Å². The van der Waals surface area contributed by atoms with Gasteiger partial charge in [0.25, 0.3) is 11.9 Å². The minimum Gasteiger partial charge on any atom is -0.493 e. The molecule has 2 rings (SSSR count). The number of nitrogens with zero attached hydrogens (tertiary/aromatic N) is 5. The van der Waals surface area contributed by atoms with Crippen LogP contribution in [0.25, 0.3) is 0 Å². The van der Waals surface area contributed by atoms with Crippen LogP contribution in [-0.2, 0) is 4.79 Å². The fraction of sp³-hybridized carbons (Fsp3) is 0.182. The van der Waals surface area contributed by atoms with Crippen LogP contribution in [-0.4, -0.2) is 46.2 Å². The van der Waals surface area contributed by atoms with Crippen LogP contribution in [0.4, 0.5) is 5.95 Å². The Labute approximate surface area is 119 Å². The Bertz CT molecular complexity index is 668. The van der Waals surface area contributed by atoms with Crippen molar-refractivity contribution in [1.29, 1.82) is 0 Å². The normalized spacial score (nSPS) is 10.7. The maximum atomic E-state index is 10.7. The van der Waals surface area contributed by atoms with Crippen LogP contribution in [0.5, 0.6) is 11.5 Å². The van der Waals surface area contributed by atoms with Gasteiger partial charge in [0.05, 0.1) is 13.3 Å². The molecule has 0 spiro atoms. The molecule has 1 aromatic heterocycles. The monoisotopic (exact) mass is 291 g/mol. The number of aromatic nitrogens is 4. The summed E-state index contributed by atoms with van der Waals surface area (Å²) in [4.78, 5) is 11.8. The summed E-state index contributed by atoms with van der Waals surface area (Å²) in [5.41, 5.74) is 11.2. The Balaban J connectivity index is 2.16. The third-order valence-corrected chi connectivity index (χ3v) is 2.35. The van der Waals surface area contributed by atoms with Crippen molar-refractivity contribution in [1.82, 2.24) is 20.3 Å². The zero-order valence-corrected chi connectivity index (χ0v) is 11.1. The van der Waals surface area contributed by atoms with Gasteiger partial charge in [-0.05, 0) is 34.2 Å². The maximum absolute atomic E-state index is 10.7. The molecule has 10 nitrogen and oxygen atoms in total. The molecule has 2 aromatic rings. The fourth-order valence-electron chi connectivity index (χ4n) is 1.43. The van der Waals surface area contributed by atoms with Gasteiger partial charge in [0.1, 0.15) is 0 Å². The van der Waals surface area contributed by atoms with E-state index in [1.165, 1.54) is 13.3 Å². The number of amides is 1. The second-order valence-electron chi connectivity index (χ2n) is 3.84. The molecule has 0 saturated carbocycles. The zero-order chi connectivity index (χ0) is 15.2. The number of rotatable bonds is 6. The molecule has 4 N–H and O–H groups in total. The van der Waals surface area contributed by atoms with E-state index in [1.807, 2.05) is 0 Å². The highest BCUT2D eigenvalue weighted by molar-refractivity contribution is 5.81. The molecule has 0 fully saturated rings. The minimum atomic E-state index is -0.572. The standard InChI is InChI=1S/C11H13N7O3/c1-20-9-4-7(2-3-8(9)21-6-10(12)19)5-14-18-11(13)15-16-17-18/h2-5H,6H2,1H3,(H2,12,19)(H2,13,15,17). The molecule has 110 valence electrons. The molecule has 0 radical (unpaired) electrons. The average Bonchev–Trinajstić information content (AvgIpc) is 2.88. The third-order valence-electron chi connectivity index (χ3n) is 2.35. The smallest absolute Gasteiger partial charge is 0.263 e. The third kappa shape index (κ3) is 3.65. The number of carbonyl (C=O) groups is 1. The molecular weight excluding hydrogens is 278 g/mol. The molecule has 21 heavy (non-hydrogen) atoms. The molecule has 0 aliphatic rings. The van der Waals surface area contributed by atoms with Crippen molar-refractivity contribution in [3.05, 3.63) is 23.8 Å². The van der Waals surface area contributed by atoms with Gasteiger partial charge in [0.2, 0.25) is 0 Å². The highest BCUT2D eigenvalue weighted by Crippen LogP contribution is 2.27. The van der Waals surface area contributed by atoms with E-state index in [0.29, 0.717) is 17.1 Å². The van der Waals surface area contributed by atoms with Crippen molar-refractivity contribution in [2.24, 2.45) is 10.8 Å². The van der Waals surface area contributed by atoms with Crippen molar-refractivity contribution >= 4 is 18.1 Å². The van der Waals surface area contributed by atoms with Gasteiger partial charge in [0.15, 0.2) is 18.1 Å². The molecule has 1 amide bonds. The van der Waals surface area contributed by atoms with E-state index in [-0.39, 0.29) is 12.6 Å². The second-order valence-corrected chi connectivity index (χ2v) is 3.84. The first-order chi connectivity index (χ1) is 10.1. The van der Waals surface area contributed by atoms with Gasteiger partial charge in [0, 0.05) is 0 Å². The number of methoxy groups -OCH3 is 1. The molecular formula is C11H13N7O3. The van der Waals surface area contributed by atoms with Gasteiger partial charge in [-0.25, -0.2) is 0 Å². The lowest BCUT2D eigenvalue weighted by molar-refractivity contribution is -0.119. The Morgan fingerprint density at radius 2 is 2.29 bits per heavy atom. The molecule has 0 aliphatic carbocycles. The number of hydrogen-bond donors (Lipinski definition) is 2. The van der Waals surface area contributed by atoms with Crippen LogP contribution in [0, 0.1) is 0 Å². The summed E-state index contributed by atoms with van der Waals surface area (Å²) >= 11 is 0. The lowest BCUT2D eigenvalue weighted by Crippen LogP contribution is -2.20. The molecule has 0 atom stereocenters. The fourth-order valence-corrected chi connectivity index (χ4v) is 1.43. The summed E-state index contributed by atoms with van der Waals surface area (Å²) < 4.78 is 10.4. The van der Waals surface area contributed by atoms with Gasteiger partial charge in [-0.3, -0.25) is 4.79 Å². The van der Waals surface area contributed by atoms with Crippen LogP contribution in [0.15, 0.2) is 23.3 Å². The predicted molar refractivity (Wildman–Crippen MR) is 72.9 cm³/mol. The number of nitrogen functional groups attached to an aromatic ring is 1. The Morgan fingerprint density at radius 1 is 1.48 bits per heavy atom. The highest BCUT2D eigenvalue weighted by atomic mass is 16.5. The lowest BCUT2D eigenvalue weighted by Gasteiger charge is -2.09. The summed E-state index contributed by atoms with van der Waals surface area (Å²) in [5.74, 6) is 0.330. The number of hydrogen-bond acceptors (Lipinski definition) is 8. The number of nitrogens with two attached hydrogens (primary N) is 2. The maximum Gasteiger partial charge on any atom is 0.263 e. The van der Waals surface area contributed by atoms with E-state index >= 15 is 0 Å². The van der Waals surface area contributed by atoms with E-state index in [4.69, 9.17) is 20.9 Å². The van der Waals surface area contributed by atoms with Gasteiger partial charge in [-0.1, -0.05) is 9.89 Å². The summed E-state index contributed by atoms with van der Waals surface area (Å²) in [6.45, 7) is -0.231. The van der Waals surface area contributed by atoms with Crippen LogP contribution in [0.1, 0.15) is 5.56 Å². The van der Waals surface area contributed by atoms with Crippen molar-refractivity contribution < 1.29 is 14.3 Å². The van der Waals surface area contributed by atoms with Crippen molar-refractivity contribution in [3.63, 3.8) is 0 Å². The molecule has 0 saturated heterocycles. The largest absolute Gasteiger partial charge is 0.493 e. The van der Waals surface area contributed by atoms with Gasteiger partial charge >= 0.3 is 0 Å². The first kappa shape index (κ1) is 14.2. The first-order valence-corrected chi connectivity index (χ1v) is 5.77. The van der Waals surface area contributed by atoms with E-state index < -0.39 is 5.91 Å². The highest BCUT2D eigenvalue weighted by Gasteiger charge is 2.06. The predicted octanol–water partition coefficient (Wildman–Crippen LogP) is -0.990. The average molecular weight is 291 g/mol. The number of ether oxygens (including phenoxy) is 2. The van der Waals surface area contributed by atoms with E-state index in [1.54, 1.807) is 18.2 Å². The molecule has 0 aliphatic heterocycles. The van der Waals surface area contributed by atoms with Crippen molar-refractivity contribution in [3.8, 4) is 11.5 Å². The number of tetrazole rings is 1. The molecule has 0 bridgehead atoms. The van der Waals surface area contributed by atoms with Crippen LogP contribution < -0.4 is 20.9 Å². The van der Waals surface area contributed by atoms with E-state index in [9.17, 15) is 4.79 Å². The SMILES string of the molecule is COc1cc(C=Nn2nnnc2N)ccc1OCC(N)=O. The summed E-state index contributed by atoms with van der Waals surface area (Å²) in [5, 5.41) is 14.4. The van der Waals surface area contributed by atoms with Crippen molar-refractivity contribution in [2.45, 2.75) is 0 Å². The number of anilines is 1. The van der Waals surface area contributed by atoms with Gasteiger partial charge < -0.3 is 20.9 Å². The van der Waals surface area contributed by atoms with E-state index in [2.05, 4.69) is 20.6 Å². The number of carbonyl (C=O) groups excluding carboxylic acids is 1. The van der Waals surface area contributed by atoms with Gasteiger partial charge in [-0.15, -0.1) is 0 Å². The molecule has 1 aromatic carbocycles. The lowest BCUT2D eigenvalue weighted by atomic mass is 10.2. The molecule has 0 unspecified atom stereocenters. The van der Waals surface area contributed by atoms with Crippen LogP contribution in [0.3, 0.4) is 0 Å².